The summed E-state index contributed by atoms with van der Waals surface area (Å²) in [6, 6.07) is 0. The maximum Gasteiger partial charge on any atom is 0.306 e. The third-order valence-electron chi connectivity index (χ3n) is 11.4. The van der Waals surface area contributed by atoms with Gasteiger partial charge in [-0.3, -0.25) is 9.59 Å². The first-order valence-electron chi connectivity index (χ1n) is 24.3. The molecular formula is C48H90O10. The van der Waals surface area contributed by atoms with Crippen LogP contribution in [0.5, 0.6) is 0 Å². The van der Waals surface area contributed by atoms with E-state index in [0.29, 0.717) is 6.42 Å². The van der Waals surface area contributed by atoms with Crippen LogP contribution in [0.2, 0.25) is 0 Å². The lowest BCUT2D eigenvalue weighted by atomic mass is 9.99. The topological polar surface area (TPSA) is 152 Å². The average molecular weight is 827 g/mol. The van der Waals surface area contributed by atoms with Crippen molar-refractivity contribution in [2.45, 2.75) is 263 Å². The first kappa shape index (κ1) is 54.5. The third-order valence-corrected chi connectivity index (χ3v) is 11.4. The molecule has 0 spiro atoms. The predicted molar refractivity (Wildman–Crippen MR) is 233 cm³/mol. The number of aliphatic hydroxyl groups excluding tert-OH is 4. The summed E-state index contributed by atoms with van der Waals surface area (Å²) in [5, 5.41) is 40.1. The van der Waals surface area contributed by atoms with Gasteiger partial charge in [0.05, 0.1) is 13.2 Å². The average Bonchev–Trinajstić information content (AvgIpc) is 3.22. The smallest absolute Gasteiger partial charge is 0.306 e. The van der Waals surface area contributed by atoms with Gasteiger partial charge >= 0.3 is 11.9 Å². The Labute approximate surface area is 354 Å². The number of allylic oxidation sites excluding steroid dienone is 2. The monoisotopic (exact) mass is 827 g/mol. The first-order valence-corrected chi connectivity index (χ1v) is 24.3. The van der Waals surface area contributed by atoms with Gasteiger partial charge in [0.2, 0.25) is 0 Å². The summed E-state index contributed by atoms with van der Waals surface area (Å²) in [4.78, 5) is 25.4. The molecule has 0 amide bonds. The molecule has 6 unspecified atom stereocenters. The Balaban J connectivity index is 2.28. The highest BCUT2D eigenvalue weighted by atomic mass is 16.7. The lowest BCUT2D eigenvalue weighted by molar-refractivity contribution is -0.305. The van der Waals surface area contributed by atoms with E-state index < -0.39 is 49.4 Å². The van der Waals surface area contributed by atoms with Gasteiger partial charge in [-0.05, 0) is 38.5 Å². The summed E-state index contributed by atoms with van der Waals surface area (Å²) >= 11 is 0. The van der Waals surface area contributed by atoms with Crippen LogP contribution >= 0.6 is 0 Å². The fourth-order valence-corrected chi connectivity index (χ4v) is 7.54. The standard InChI is InChI=1S/C48H90O10/c1-3-5-7-9-11-13-15-17-19-20-21-22-23-25-27-29-31-33-35-37-44(51)57-41(40-56-48-47(54)46(53)45(52)42(38-49)58-48)39-55-43(50)36-34-32-30-28-26-24-18-16-14-12-10-8-6-4-2/h17,19,41-42,45-49,52-54H,3-16,18,20-40H2,1-2H3/b19-17-. The summed E-state index contributed by atoms with van der Waals surface area (Å²) in [5.41, 5.74) is 0. The maximum atomic E-state index is 12.8. The number of ether oxygens (including phenoxy) is 4. The molecule has 1 heterocycles. The summed E-state index contributed by atoms with van der Waals surface area (Å²) < 4.78 is 22.2. The molecule has 0 bridgehead atoms. The normalized spacial score (nSPS) is 20.1. The Bertz CT molecular complexity index is 959. The van der Waals surface area contributed by atoms with Crippen LogP contribution in [0, 0.1) is 0 Å². The second-order valence-electron chi connectivity index (χ2n) is 16.9. The van der Waals surface area contributed by atoms with Crippen LogP contribution < -0.4 is 0 Å². The van der Waals surface area contributed by atoms with E-state index in [9.17, 15) is 30.0 Å². The van der Waals surface area contributed by atoms with Gasteiger partial charge in [0.25, 0.3) is 0 Å². The first-order chi connectivity index (χ1) is 28.3. The van der Waals surface area contributed by atoms with Crippen molar-refractivity contribution in [1.29, 1.82) is 0 Å². The molecule has 4 N–H and O–H groups in total. The SMILES string of the molecule is CCCCCCCC/C=C\CCCCCCCCCCCC(=O)OC(COC(=O)CCCCCCCCCCCCCCCC)COC1OC(CO)C(O)C(O)C1O. The van der Waals surface area contributed by atoms with Gasteiger partial charge in [0.15, 0.2) is 12.4 Å². The minimum Gasteiger partial charge on any atom is -0.462 e. The molecule has 1 aliphatic rings. The van der Waals surface area contributed by atoms with E-state index in [1.54, 1.807) is 0 Å². The minimum atomic E-state index is -1.59. The van der Waals surface area contributed by atoms with Gasteiger partial charge in [-0.2, -0.15) is 0 Å². The zero-order valence-electron chi connectivity index (χ0n) is 37.3. The Morgan fingerprint density at radius 2 is 0.914 bits per heavy atom. The molecule has 0 saturated carbocycles. The highest BCUT2D eigenvalue weighted by Gasteiger charge is 2.44. The zero-order valence-corrected chi connectivity index (χ0v) is 37.3. The number of hydrogen-bond donors (Lipinski definition) is 4. The van der Waals surface area contributed by atoms with Crippen LogP contribution in [0.4, 0.5) is 0 Å². The second kappa shape index (κ2) is 39.6. The molecule has 0 aromatic carbocycles. The van der Waals surface area contributed by atoms with Gasteiger partial charge < -0.3 is 39.4 Å². The van der Waals surface area contributed by atoms with Crippen molar-refractivity contribution in [1.82, 2.24) is 0 Å². The number of carbonyl (C=O) groups is 2. The molecular weight excluding hydrogens is 737 g/mol. The number of carbonyl (C=O) groups excluding carboxylic acids is 2. The van der Waals surface area contributed by atoms with Crippen molar-refractivity contribution in [3.63, 3.8) is 0 Å². The van der Waals surface area contributed by atoms with Crippen LogP contribution in [0.1, 0.15) is 226 Å². The van der Waals surface area contributed by atoms with Crippen LogP contribution in [0.15, 0.2) is 12.2 Å². The zero-order chi connectivity index (χ0) is 42.3. The van der Waals surface area contributed by atoms with Crippen molar-refractivity contribution >= 4 is 11.9 Å². The number of aliphatic hydroxyl groups is 4. The lowest BCUT2D eigenvalue weighted by Gasteiger charge is -2.39. The van der Waals surface area contributed by atoms with Crippen LogP contribution in [-0.2, 0) is 28.5 Å². The van der Waals surface area contributed by atoms with Crippen LogP contribution in [0.25, 0.3) is 0 Å². The number of unbranched alkanes of at least 4 members (excludes halogenated alkanes) is 28. The van der Waals surface area contributed by atoms with Gasteiger partial charge in [0.1, 0.15) is 31.0 Å². The molecule has 58 heavy (non-hydrogen) atoms. The van der Waals surface area contributed by atoms with Crippen molar-refractivity contribution in [2.75, 3.05) is 19.8 Å². The van der Waals surface area contributed by atoms with Gasteiger partial charge in [-0.15, -0.1) is 0 Å². The van der Waals surface area contributed by atoms with E-state index in [1.165, 1.54) is 154 Å². The van der Waals surface area contributed by atoms with E-state index >= 15 is 0 Å². The predicted octanol–water partition coefficient (Wildman–Crippen LogP) is 10.7. The Hall–Kier alpha value is -1.56. The molecule has 6 atom stereocenters. The third kappa shape index (κ3) is 30.5. The molecule has 0 aliphatic carbocycles. The summed E-state index contributed by atoms with van der Waals surface area (Å²) in [7, 11) is 0. The van der Waals surface area contributed by atoms with Crippen molar-refractivity contribution in [2.24, 2.45) is 0 Å². The number of hydrogen-bond acceptors (Lipinski definition) is 10. The molecule has 0 radical (unpaired) electrons. The van der Waals surface area contributed by atoms with Crippen LogP contribution in [0.3, 0.4) is 0 Å². The van der Waals surface area contributed by atoms with E-state index in [-0.39, 0.29) is 32.0 Å². The Morgan fingerprint density at radius 3 is 1.34 bits per heavy atom. The van der Waals surface area contributed by atoms with E-state index in [1.807, 2.05) is 0 Å². The summed E-state index contributed by atoms with van der Waals surface area (Å²) in [6.45, 7) is 3.45. The van der Waals surface area contributed by atoms with Crippen molar-refractivity contribution < 1.29 is 49.0 Å². The summed E-state index contributed by atoms with van der Waals surface area (Å²) in [5.74, 6) is -0.796. The lowest BCUT2D eigenvalue weighted by Crippen LogP contribution is -2.59. The second-order valence-corrected chi connectivity index (χ2v) is 16.9. The minimum absolute atomic E-state index is 0.212. The highest BCUT2D eigenvalue weighted by molar-refractivity contribution is 5.70. The van der Waals surface area contributed by atoms with Crippen molar-refractivity contribution in [3.05, 3.63) is 12.2 Å². The Kier molecular flexibility index (Phi) is 37.2. The quantitative estimate of drug-likeness (QED) is 0.0266. The molecule has 10 nitrogen and oxygen atoms in total. The fourth-order valence-electron chi connectivity index (χ4n) is 7.54. The maximum absolute atomic E-state index is 12.8. The number of esters is 2. The molecule has 0 aromatic rings. The number of rotatable bonds is 41. The van der Waals surface area contributed by atoms with E-state index in [0.717, 1.165) is 38.5 Å². The molecule has 0 aromatic heterocycles. The van der Waals surface area contributed by atoms with E-state index in [4.69, 9.17) is 18.9 Å². The molecule has 1 rings (SSSR count). The Morgan fingerprint density at radius 1 is 0.517 bits per heavy atom. The molecule has 1 fully saturated rings. The summed E-state index contributed by atoms with van der Waals surface area (Å²) in [6.07, 6.45) is 35.0. The van der Waals surface area contributed by atoms with Gasteiger partial charge in [-0.1, -0.05) is 187 Å². The highest BCUT2D eigenvalue weighted by Crippen LogP contribution is 2.23. The van der Waals surface area contributed by atoms with E-state index in [2.05, 4.69) is 26.0 Å². The molecule has 10 heteroatoms. The van der Waals surface area contributed by atoms with Crippen LogP contribution in [-0.4, -0.2) is 89.0 Å². The largest absolute Gasteiger partial charge is 0.462 e. The van der Waals surface area contributed by atoms with Crippen molar-refractivity contribution in [3.8, 4) is 0 Å². The molecule has 1 aliphatic heterocycles. The van der Waals surface area contributed by atoms with Gasteiger partial charge in [-0.25, -0.2) is 0 Å². The fraction of sp³-hybridized carbons (Fsp3) is 0.917. The van der Waals surface area contributed by atoms with Gasteiger partial charge in [0, 0.05) is 12.8 Å². The molecule has 342 valence electrons. The molecule has 1 saturated heterocycles.